The molecule has 2 aromatic rings. The minimum atomic E-state index is -1.13. The number of piperidine rings is 1. The lowest BCUT2D eigenvalue weighted by Gasteiger charge is -2.46. The number of hydrogen-bond acceptors (Lipinski definition) is 16. The molecule has 0 bridgehead atoms. The van der Waals surface area contributed by atoms with Crippen LogP contribution in [0.25, 0.3) is 0 Å². The van der Waals surface area contributed by atoms with Crippen LogP contribution in [-0.2, 0) is 47.7 Å². The molecule has 9 amide bonds. The standard InChI is InChI=1S/C76H101N9O14/c1-9-34-75-35-33-57-54-29-25-50-45-52(86)28-30-53(50)64(54)56(46-76(57,75)99-75)49-23-26-51(27-24-49)80(8)38-19-22-63(88)83-41-39-82(72(95)98-74(5,6)7)48-61(83)69(92)84-42-40-81(71(94)97-73(2,3)4)47-60(84)66(89)78-37-15-11-13-17-44-96-43-16-12-10-14-36-77-58-21-18-20-55-65(58)70(93)85(68(55)91)59-31-32-62(87)79-67(59)90/h18,20-21,23-24,26-27,45,54,56-57,59-61,77H,10-17,19,22,25,28-33,35-44,46-48H2,1-8H3,(H,78,89)(H,79,87,90)/t54-,56+,57-,59?,60?,61?,75-,76+/m0/s1. The summed E-state index contributed by atoms with van der Waals surface area (Å²) in [6.45, 7) is 15.2. The topological polar surface area (TPSA) is 266 Å². The van der Waals surface area contributed by atoms with Crippen LogP contribution < -0.4 is 20.9 Å². The molecule has 0 aromatic heterocycles. The van der Waals surface area contributed by atoms with Crippen molar-refractivity contribution < 1.29 is 66.9 Å². The SMILES string of the molecule is CC#C[C@]12CC[C@H]3[C@@H]4CCC5=CC(=O)CCC5=C4[C@@H](c4ccc(N(C)CCCC(=O)N5CCN(C(=O)OC(C)(C)C)CC5C(=O)N5CCN(C(=O)OC(C)(C)C)CC5C(=O)NCCCCCCOCCCCCCNc5cccc6c5C(=O)N(C5CCC(=O)NC5=O)C6=O)cc4)C[C@@]31O2. The summed E-state index contributed by atoms with van der Waals surface area (Å²) in [4.78, 5) is 144. The first-order chi connectivity index (χ1) is 47.3. The highest BCUT2D eigenvalue weighted by Crippen LogP contribution is 2.73. The van der Waals surface area contributed by atoms with Crippen molar-refractivity contribution in [2.24, 2.45) is 11.8 Å². The van der Waals surface area contributed by atoms with E-state index in [2.05, 4.69) is 57.0 Å². The fourth-order valence-corrected chi connectivity index (χ4v) is 16.5. The van der Waals surface area contributed by atoms with Gasteiger partial charge in [0.1, 0.15) is 34.9 Å². The molecular formula is C76H101N9O14. The first kappa shape index (κ1) is 72.2. The fraction of sp³-hybridized carbons (Fsp3) is 0.632. The molecule has 23 nitrogen and oxygen atoms in total. The van der Waals surface area contributed by atoms with Crippen LogP contribution in [0.2, 0.25) is 0 Å². The van der Waals surface area contributed by atoms with Crippen LogP contribution >= 0.6 is 0 Å². The van der Waals surface area contributed by atoms with Gasteiger partial charge in [-0.05, 0) is 184 Å². The van der Waals surface area contributed by atoms with Crippen molar-refractivity contribution in [3.05, 3.63) is 82.0 Å². The van der Waals surface area contributed by atoms with Crippen molar-refractivity contribution >= 4 is 70.7 Å². The summed E-state index contributed by atoms with van der Waals surface area (Å²) in [6, 6.07) is 10.5. The number of benzene rings is 2. The van der Waals surface area contributed by atoms with Gasteiger partial charge in [-0.2, -0.15) is 0 Å². The molecule has 5 heterocycles. The molecule has 4 aliphatic carbocycles. The zero-order chi connectivity index (χ0) is 70.6. The van der Waals surface area contributed by atoms with E-state index in [-0.39, 0.29) is 98.5 Å². The van der Waals surface area contributed by atoms with E-state index in [1.54, 1.807) is 64.6 Å². The number of carbonyl (C=O) groups excluding carboxylic acids is 10. The molecule has 2 aromatic carbocycles. The Morgan fingerprint density at radius 3 is 2.07 bits per heavy atom. The van der Waals surface area contributed by atoms with E-state index < -0.39 is 77.0 Å². The predicted octanol–water partition coefficient (Wildman–Crippen LogP) is 8.99. The number of rotatable bonds is 24. The van der Waals surface area contributed by atoms with E-state index in [1.807, 2.05) is 20.0 Å². The summed E-state index contributed by atoms with van der Waals surface area (Å²) in [7, 11) is 2.01. The first-order valence-electron chi connectivity index (χ1n) is 36.2. The molecular weight excluding hydrogens is 1260 g/mol. The Kier molecular flexibility index (Phi) is 22.2. The van der Waals surface area contributed by atoms with Crippen LogP contribution in [0.5, 0.6) is 0 Å². The number of unbranched alkanes of at least 4 members (excludes halogenated alkanes) is 6. The number of piperazine rings is 2. The van der Waals surface area contributed by atoms with E-state index in [4.69, 9.17) is 18.9 Å². The van der Waals surface area contributed by atoms with Gasteiger partial charge in [-0.3, -0.25) is 48.6 Å². The third-order valence-corrected chi connectivity index (χ3v) is 21.3. The van der Waals surface area contributed by atoms with Gasteiger partial charge in [-0.1, -0.05) is 55.4 Å². The average molecular weight is 1360 g/mol. The van der Waals surface area contributed by atoms with Crippen LogP contribution in [0.3, 0.4) is 0 Å². The third kappa shape index (κ3) is 15.9. The number of amides is 9. The molecule has 9 aliphatic rings. The molecule has 4 saturated heterocycles. The zero-order valence-corrected chi connectivity index (χ0v) is 59.2. The second kappa shape index (κ2) is 30.4. The molecule has 99 heavy (non-hydrogen) atoms. The third-order valence-electron chi connectivity index (χ3n) is 21.3. The number of carbonyl (C=O) groups is 10. The lowest BCUT2D eigenvalue weighted by molar-refractivity contribution is -0.155. The highest BCUT2D eigenvalue weighted by atomic mass is 16.6. The summed E-state index contributed by atoms with van der Waals surface area (Å²) in [5, 5.41) is 8.56. The molecule has 534 valence electrons. The van der Waals surface area contributed by atoms with Crippen LogP contribution in [-0.4, -0.2) is 204 Å². The number of anilines is 2. The largest absolute Gasteiger partial charge is 0.444 e. The maximum atomic E-state index is 15.2. The van der Waals surface area contributed by atoms with Gasteiger partial charge in [0, 0.05) is 103 Å². The van der Waals surface area contributed by atoms with Crippen LogP contribution in [0, 0.1) is 23.7 Å². The maximum Gasteiger partial charge on any atom is 0.410 e. The Morgan fingerprint density at radius 2 is 1.39 bits per heavy atom. The molecule has 23 heteroatoms. The van der Waals surface area contributed by atoms with E-state index in [1.165, 1.54) is 37.0 Å². The van der Waals surface area contributed by atoms with Crippen molar-refractivity contribution in [3.8, 4) is 11.8 Å². The Balaban J connectivity index is 0.650. The number of imide groups is 2. The Bertz CT molecular complexity index is 3600. The molecule has 8 atom stereocenters. The number of hydrogen-bond donors (Lipinski definition) is 3. The molecule has 5 aliphatic heterocycles. The summed E-state index contributed by atoms with van der Waals surface area (Å²) < 4.78 is 24.2. The number of ketones is 1. The van der Waals surface area contributed by atoms with Gasteiger partial charge in [-0.25, -0.2) is 9.59 Å². The summed E-state index contributed by atoms with van der Waals surface area (Å²) in [5.41, 5.74) is 5.10. The number of ether oxygens (including phenoxy) is 4. The van der Waals surface area contributed by atoms with Crippen LogP contribution in [0.1, 0.15) is 203 Å². The first-order valence-corrected chi connectivity index (χ1v) is 36.2. The minimum absolute atomic E-state index is 0.0103. The van der Waals surface area contributed by atoms with Crippen molar-refractivity contribution in [2.45, 2.75) is 217 Å². The Morgan fingerprint density at radius 1 is 0.727 bits per heavy atom. The second-order valence-electron chi connectivity index (χ2n) is 30.3. The van der Waals surface area contributed by atoms with Crippen LogP contribution in [0.4, 0.5) is 21.0 Å². The minimum Gasteiger partial charge on any atom is -0.444 e. The van der Waals surface area contributed by atoms with E-state index in [0.29, 0.717) is 69.6 Å². The van der Waals surface area contributed by atoms with E-state index in [0.717, 1.165) is 94.1 Å². The lowest BCUT2D eigenvalue weighted by Crippen LogP contribution is -2.68. The van der Waals surface area contributed by atoms with Gasteiger partial charge in [0.15, 0.2) is 11.4 Å². The quantitative estimate of drug-likeness (QED) is 0.0383. The van der Waals surface area contributed by atoms with E-state index in [9.17, 15) is 43.2 Å². The highest BCUT2D eigenvalue weighted by molar-refractivity contribution is 6.25. The van der Waals surface area contributed by atoms with Crippen molar-refractivity contribution in [2.75, 3.05) is 89.4 Å². The van der Waals surface area contributed by atoms with Gasteiger partial charge < -0.3 is 54.1 Å². The molecule has 2 saturated carbocycles. The molecule has 3 N–H and O–H groups in total. The van der Waals surface area contributed by atoms with Gasteiger partial charge in [0.05, 0.1) is 24.2 Å². The maximum absolute atomic E-state index is 15.2. The second-order valence-corrected chi connectivity index (χ2v) is 30.3. The van der Waals surface area contributed by atoms with Gasteiger partial charge in [0.25, 0.3) is 11.8 Å². The predicted molar refractivity (Wildman–Crippen MR) is 370 cm³/mol. The normalized spacial score (nSPS) is 25.7. The lowest BCUT2D eigenvalue weighted by atomic mass is 9.57. The smallest absolute Gasteiger partial charge is 0.410 e. The molecule has 6 fully saturated rings. The summed E-state index contributed by atoms with van der Waals surface area (Å²) in [6.07, 6.45) is 14.4. The highest BCUT2D eigenvalue weighted by Gasteiger charge is 2.79. The van der Waals surface area contributed by atoms with Gasteiger partial charge >= 0.3 is 12.2 Å². The number of allylic oxidation sites excluding steroid dienone is 4. The van der Waals surface area contributed by atoms with Gasteiger partial charge in [0.2, 0.25) is 29.5 Å². The number of nitrogens with one attached hydrogen (secondary N) is 3. The summed E-state index contributed by atoms with van der Waals surface area (Å²) in [5.74, 6) is 4.54. The number of nitrogens with zero attached hydrogens (tertiary/aromatic N) is 6. The van der Waals surface area contributed by atoms with Crippen molar-refractivity contribution in [1.82, 2.24) is 35.1 Å². The molecule has 0 radical (unpaired) electrons. The molecule has 1 spiro atoms. The Hall–Kier alpha value is -8.10. The summed E-state index contributed by atoms with van der Waals surface area (Å²) >= 11 is 0. The number of fused-ring (bicyclic) bond motifs is 4. The molecule has 3 unspecified atom stereocenters. The van der Waals surface area contributed by atoms with Crippen LogP contribution in [0.15, 0.2) is 65.3 Å². The van der Waals surface area contributed by atoms with Crippen molar-refractivity contribution in [3.63, 3.8) is 0 Å². The molecule has 11 rings (SSSR count). The van der Waals surface area contributed by atoms with E-state index >= 15 is 4.79 Å². The number of epoxide rings is 1. The van der Waals surface area contributed by atoms with Crippen molar-refractivity contribution in [1.29, 1.82) is 0 Å². The Labute approximate surface area is 582 Å². The monoisotopic (exact) mass is 1360 g/mol. The zero-order valence-electron chi connectivity index (χ0n) is 59.2. The average Bonchev–Trinajstić information content (AvgIpc) is 1.49. The van der Waals surface area contributed by atoms with Gasteiger partial charge in [-0.15, -0.1) is 5.92 Å². The fourth-order valence-electron chi connectivity index (χ4n) is 16.5.